The van der Waals surface area contributed by atoms with Crippen molar-refractivity contribution in [2.45, 2.75) is 56.9 Å². The van der Waals surface area contributed by atoms with Crippen LogP contribution in [-0.2, 0) is 23.9 Å². The zero-order chi connectivity index (χ0) is 22.3. The molecule has 1 aromatic rings. The highest BCUT2D eigenvalue weighted by Crippen LogP contribution is 2.45. The summed E-state index contributed by atoms with van der Waals surface area (Å²) >= 11 is 0. The number of rotatable bonds is 4. The van der Waals surface area contributed by atoms with Crippen molar-refractivity contribution in [2.24, 2.45) is 11.8 Å². The van der Waals surface area contributed by atoms with Crippen LogP contribution in [0.25, 0.3) is 0 Å². The van der Waals surface area contributed by atoms with E-state index in [1.807, 2.05) is 23.1 Å². The molecule has 4 aliphatic rings. The third-order valence-corrected chi connectivity index (χ3v) is 7.33. The van der Waals surface area contributed by atoms with Gasteiger partial charge in [0.1, 0.15) is 5.54 Å². The van der Waals surface area contributed by atoms with E-state index in [1.165, 1.54) is 0 Å². The van der Waals surface area contributed by atoms with Gasteiger partial charge in [-0.3, -0.25) is 24.1 Å². The molecule has 0 atom stereocenters. The molecule has 1 spiro atoms. The average Bonchev–Trinajstić information content (AvgIpc) is 3.56. The van der Waals surface area contributed by atoms with Gasteiger partial charge in [0.2, 0.25) is 5.91 Å². The van der Waals surface area contributed by atoms with Gasteiger partial charge in [0, 0.05) is 19.0 Å². The topological polar surface area (TPSA) is 96.0 Å². The summed E-state index contributed by atoms with van der Waals surface area (Å²) in [5.74, 6) is -0.847. The van der Waals surface area contributed by atoms with E-state index in [9.17, 15) is 19.2 Å². The molecule has 0 unspecified atom stereocenters. The maximum atomic E-state index is 13.3. The number of nitrogens with one attached hydrogen (secondary N) is 1. The molecule has 0 bridgehead atoms. The molecule has 8 heteroatoms. The molecule has 32 heavy (non-hydrogen) atoms. The molecule has 2 aliphatic heterocycles. The Bertz CT molecular complexity index is 943. The Balaban J connectivity index is 1.23. The lowest BCUT2D eigenvalue weighted by Crippen LogP contribution is -2.61. The van der Waals surface area contributed by atoms with E-state index in [0.717, 1.165) is 25.7 Å². The number of fused-ring (bicyclic) bond motifs is 1. The second-order valence-electron chi connectivity index (χ2n) is 9.42. The van der Waals surface area contributed by atoms with Crippen LogP contribution in [-0.4, -0.2) is 53.8 Å². The molecule has 8 nitrogen and oxygen atoms in total. The largest absolute Gasteiger partial charge is 0.455 e. The van der Waals surface area contributed by atoms with Gasteiger partial charge in [0.05, 0.1) is 17.3 Å². The van der Waals surface area contributed by atoms with Crippen molar-refractivity contribution in [1.82, 2.24) is 4.90 Å². The fourth-order valence-electron chi connectivity index (χ4n) is 5.37. The monoisotopic (exact) mass is 439 g/mol. The van der Waals surface area contributed by atoms with Gasteiger partial charge >= 0.3 is 5.97 Å². The second-order valence-corrected chi connectivity index (χ2v) is 9.42. The summed E-state index contributed by atoms with van der Waals surface area (Å²) in [7, 11) is 0. The van der Waals surface area contributed by atoms with Crippen LogP contribution >= 0.6 is 0 Å². The highest BCUT2D eigenvalue weighted by atomic mass is 16.5. The number of nitrogens with zero attached hydrogens (tertiary/aromatic N) is 2. The van der Waals surface area contributed by atoms with E-state index in [1.54, 1.807) is 11.0 Å². The van der Waals surface area contributed by atoms with Crippen molar-refractivity contribution in [2.75, 3.05) is 29.9 Å². The molecule has 5 rings (SSSR count). The number of benzene rings is 1. The predicted octanol–water partition coefficient (Wildman–Crippen LogP) is 2.48. The molecule has 1 aromatic carbocycles. The lowest BCUT2D eigenvalue weighted by atomic mass is 9.90. The minimum atomic E-state index is -0.910. The highest BCUT2D eigenvalue weighted by Gasteiger charge is 2.52. The smallest absolute Gasteiger partial charge is 0.309 e. The Morgan fingerprint density at radius 2 is 1.69 bits per heavy atom. The summed E-state index contributed by atoms with van der Waals surface area (Å²) in [6.45, 7) is 0.737. The van der Waals surface area contributed by atoms with Gasteiger partial charge in [-0.25, -0.2) is 0 Å². The van der Waals surface area contributed by atoms with Gasteiger partial charge in [0.25, 0.3) is 11.8 Å². The van der Waals surface area contributed by atoms with Crippen molar-refractivity contribution in [1.29, 1.82) is 0 Å². The molecule has 2 heterocycles. The fraction of sp³-hybridized carbons (Fsp3) is 0.583. The fourth-order valence-corrected chi connectivity index (χ4v) is 5.37. The van der Waals surface area contributed by atoms with Crippen molar-refractivity contribution in [3.05, 3.63) is 24.3 Å². The normalized spacial score (nSPS) is 22.4. The van der Waals surface area contributed by atoms with Crippen molar-refractivity contribution >= 4 is 35.1 Å². The number of hydrogen-bond donors (Lipinski definition) is 1. The summed E-state index contributed by atoms with van der Waals surface area (Å²) in [5, 5.41) is 2.95. The minimum absolute atomic E-state index is 0.166. The molecule has 3 amide bonds. The van der Waals surface area contributed by atoms with Gasteiger partial charge in [-0.1, -0.05) is 25.0 Å². The third kappa shape index (κ3) is 3.65. The molecule has 0 aromatic heterocycles. The van der Waals surface area contributed by atoms with E-state index < -0.39 is 11.5 Å². The summed E-state index contributed by atoms with van der Waals surface area (Å²) < 4.78 is 5.44. The number of likely N-dealkylation sites (tertiary alicyclic amines) is 1. The number of hydrogen-bond acceptors (Lipinski definition) is 5. The number of para-hydroxylation sites is 2. The van der Waals surface area contributed by atoms with E-state index in [2.05, 4.69) is 5.32 Å². The van der Waals surface area contributed by atoms with Gasteiger partial charge < -0.3 is 15.0 Å². The van der Waals surface area contributed by atoms with Crippen LogP contribution in [0, 0.1) is 11.8 Å². The van der Waals surface area contributed by atoms with Crippen LogP contribution in [0.2, 0.25) is 0 Å². The first kappa shape index (κ1) is 21.0. The zero-order valence-corrected chi connectivity index (χ0v) is 18.2. The first-order chi connectivity index (χ1) is 15.5. The first-order valence-electron chi connectivity index (χ1n) is 11.7. The molecule has 2 saturated carbocycles. The maximum Gasteiger partial charge on any atom is 0.309 e. The van der Waals surface area contributed by atoms with Crippen LogP contribution in [0.5, 0.6) is 0 Å². The summed E-state index contributed by atoms with van der Waals surface area (Å²) in [4.78, 5) is 54.5. The molecule has 3 fully saturated rings. The van der Waals surface area contributed by atoms with Gasteiger partial charge in [0.15, 0.2) is 6.61 Å². The lowest BCUT2D eigenvalue weighted by Gasteiger charge is -2.44. The Kier molecular flexibility index (Phi) is 5.39. The first-order valence-corrected chi connectivity index (χ1v) is 11.7. The van der Waals surface area contributed by atoms with Gasteiger partial charge in [-0.15, -0.1) is 0 Å². The number of anilines is 2. The van der Waals surface area contributed by atoms with Crippen LogP contribution in [0.4, 0.5) is 11.4 Å². The van der Waals surface area contributed by atoms with Gasteiger partial charge in [-0.05, 0) is 50.7 Å². The minimum Gasteiger partial charge on any atom is -0.455 e. The van der Waals surface area contributed by atoms with Crippen LogP contribution in [0.3, 0.4) is 0 Å². The molecule has 1 saturated heterocycles. The highest BCUT2D eigenvalue weighted by molar-refractivity contribution is 6.15. The van der Waals surface area contributed by atoms with E-state index >= 15 is 0 Å². The predicted molar refractivity (Wildman–Crippen MR) is 117 cm³/mol. The Morgan fingerprint density at radius 1 is 1.00 bits per heavy atom. The van der Waals surface area contributed by atoms with E-state index in [-0.39, 0.29) is 36.2 Å². The molecule has 170 valence electrons. The van der Waals surface area contributed by atoms with E-state index in [0.29, 0.717) is 50.1 Å². The molecule has 2 aliphatic carbocycles. The number of carbonyl (C=O) groups excluding carboxylic acids is 4. The Morgan fingerprint density at radius 3 is 2.38 bits per heavy atom. The number of amides is 3. The summed E-state index contributed by atoms with van der Waals surface area (Å²) in [5.41, 5.74) is 0.344. The zero-order valence-electron chi connectivity index (χ0n) is 18.2. The standard InChI is InChI=1S/C24H29N3O5/c28-20(15-32-22(30)17-9-13-26(14-10-17)21(29)16-7-8-16)27-19-6-2-1-5-18(19)25-23(31)24(27)11-3-4-12-24/h1-2,5-6,16-17H,3-4,7-15H2,(H,25,31). The maximum absolute atomic E-state index is 13.3. The lowest BCUT2D eigenvalue weighted by molar-refractivity contribution is -0.154. The van der Waals surface area contributed by atoms with Crippen molar-refractivity contribution in [3.8, 4) is 0 Å². The Labute approximate surface area is 187 Å². The molecular formula is C24H29N3O5. The van der Waals surface area contributed by atoms with Gasteiger partial charge in [-0.2, -0.15) is 0 Å². The van der Waals surface area contributed by atoms with Crippen molar-refractivity contribution in [3.63, 3.8) is 0 Å². The quantitative estimate of drug-likeness (QED) is 0.727. The third-order valence-electron chi connectivity index (χ3n) is 7.33. The Hall–Kier alpha value is -2.90. The van der Waals surface area contributed by atoms with Crippen LogP contribution < -0.4 is 10.2 Å². The summed E-state index contributed by atoms with van der Waals surface area (Å²) in [6, 6.07) is 7.25. The molecule has 1 N–H and O–H groups in total. The van der Waals surface area contributed by atoms with Crippen LogP contribution in [0.15, 0.2) is 24.3 Å². The van der Waals surface area contributed by atoms with E-state index in [4.69, 9.17) is 4.74 Å². The molecular weight excluding hydrogens is 410 g/mol. The SMILES string of the molecule is O=C(OCC(=O)N1c2ccccc2NC(=O)C12CCCC2)C1CCN(C(=O)C2CC2)CC1. The average molecular weight is 440 g/mol. The second kappa shape index (κ2) is 8.22. The molecule has 0 radical (unpaired) electrons. The number of piperidine rings is 1. The number of carbonyl (C=O) groups is 4. The van der Waals surface area contributed by atoms with Crippen LogP contribution in [0.1, 0.15) is 51.4 Å². The number of esters is 1. The van der Waals surface area contributed by atoms with Crippen molar-refractivity contribution < 1.29 is 23.9 Å². The number of ether oxygens (including phenoxy) is 1. The summed E-state index contributed by atoms with van der Waals surface area (Å²) in [6.07, 6.45) is 6.01.